The lowest BCUT2D eigenvalue weighted by Gasteiger charge is -2.29. The van der Waals surface area contributed by atoms with Crippen molar-refractivity contribution in [3.8, 4) is 0 Å². The summed E-state index contributed by atoms with van der Waals surface area (Å²) in [4.78, 5) is 20.0. The number of rotatable bonds is 6. The minimum atomic E-state index is -0.723. The molecule has 0 fully saturated rings. The SMILES string of the molecule is CCOC(CC)(CC)C(=O)c1cncnc1. The predicted octanol–water partition coefficient (Wildman–Crippen LogP) is 2.25. The third-order valence-corrected chi connectivity index (χ3v) is 2.80. The highest BCUT2D eigenvalue weighted by molar-refractivity contribution is 6.02. The van der Waals surface area contributed by atoms with Crippen molar-refractivity contribution in [1.82, 2.24) is 9.97 Å². The molecule has 0 aliphatic rings. The van der Waals surface area contributed by atoms with Crippen molar-refractivity contribution in [2.24, 2.45) is 0 Å². The quantitative estimate of drug-likeness (QED) is 0.693. The second kappa shape index (κ2) is 5.70. The molecule has 0 saturated heterocycles. The van der Waals surface area contributed by atoms with Gasteiger partial charge in [0.25, 0.3) is 0 Å². The number of hydrogen-bond donors (Lipinski definition) is 0. The number of aromatic nitrogens is 2. The largest absolute Gasteiger partial charge is 0.367 e. The maximum absolute atomic E-state index is 12.3. The Labute approximate surface area is 96.1 Å². The number of carbonyl (C=O) groups excluding carboxylic acids is 1. The van der Waals surface area contributed by atoms with Gasteiger partial charge in [0, 0.05) is 19.0 Å². The van der Waals surface area contributed by atoms with Crippen LogP contribution in [-0.4, -0.2) is 28.0 Å². The summed E-state index contributed by atoms with van der Waals surface area (Å²) < 4.78 is 5.64. The van der Waals surface area contributed by atoms with Gasteiger partial charge < -0.3 is 4.74 Å². The van der Waals surface area contributed by atoms with Crippen molar-refractivity contribution in [2.75, 3.05) is 6.61 Å². The molecule has 16 heavy (non-hydrogen) atoms. The highest BCUT2D eigenvalue weighted by atomic mass is 16.5. The summed E-state index contributed by atoms with van der Waals surface area (Å²) in [5.41, 5.74) is -0.209. The van der Waals surface area contributed by atoms with Gasteiger partial charge in [-0.3, -0.25) is 4.79 Å². The summed E-state index contributed by atoms with van der Waals surface area (Å²) in [6.45, 7) is 6.34. The number of carbonyl (C=O) groups is 1. The van der Waals surface area contributed by atoms with E-state index in [-0.39, 0.29) is 5.78 Å². The lowest BCUT2D eigenvalue weighted by atomic mass is 9.88. The smallest absolute Gasteiger partial charge is 0.197 e. The van der Waals surface area contributed by atoms with Crippen LogP contribution in [0.4, 0.5) is 0 Å². The number of Topliss-reactive ketones (excluding diaryl/α,β-unsaturated/α-hetero) is 1. The van der Waals surface area contributed by atoms with E-state index in [1.54, 1.807) is 0 Å². The molecular weight excluding hydrogens is 204 g/mol. The van der Waals surface area contributed by atoms with Crippen LogP contribution in [0.5, 0.6) is 0 Å². The van der Waals surface area contributed by atoms with E-state index in [0.717, 1.165) is 0 Å². The lowest BCUT2D eigenvalue weighted by Crippen LogP contribution is -2.40. The molecule has 0 aromatic carbocycles. The highest BCUT2D eigenvalue weighted by Crippen LogP contribution is 2.25. The zero-order valence-corrected chi connectivity index (χ0v) is 10.1. The number of ketones is 1. The summed E-state index contributed by atoms with van der Waals surface area (Å²) in [5, 5.41) is 0. The summed E-state index contributed by atoms with van der Waals surface area (Å²) >= 11 is 0. The van der Waals surface area contributed by atoms with Crippen molar-refractivity contribution in [1.29, 1.82) is 0 Å². The van der Waals surface area contributed by atoms with Crippen LogP contribution in [0.1, 0.15) is 44.0 Å². The first-order chi connectivity index (χ1) is 7.70. The van der Waals surface area contributed by atoms with Crippen LogP contribution in [-0.2, 0) is 4.74 Å². The van der Waals surface area contributed by atoms with E-state index in [1.165, 1.54) is 18.7 Å². The van der Waals surface area contributed by atoms with Gasteiger partial charge in [-0.05, 0) is 19.8 Å². The van der Waals surface area contributed by atoms with Gasteiger partial charge in [0.1, 0.15) is 11.9 Å². The molecule has 1 aromatic heterocycles. The first-order valence-corrected chi connectivity index (χ1v) is 5.64. The van der Waals surface area contributed by atoms with Gasteiger partial charge in [-0.1, -0.05) is 13.8 Å². The van der Waals surface area contributed by atoms with Crippen molar-refractivity contribution in [2.45, 2.75) is 39.2 Å². The molecule has 0 unspecified atom stereocenters. The zero-order valence-electron chi connectivity index (χ0n) is 10.1. The first-order valence-electron chi connectivity index (χ1n) is 5.64. The number of hydrogen-bond acceptors (Lipinski definition) is 4. The average Bonchev–Trinajstić information content (AvgIpc) is 2.36. The van der Waals surface area contributed by atoms with Crippen LogP contribution in [0.15, 0.2) is 18.7 Å². The standard InChI is InChI=1S/C12H18N2O2/c1-4-12(5-2,16-6-3)11(15)10-7-13-9-14-8-10/h7-9H,4-6H2,1-3H3. The molecule has 0 aliphatic carbocycles. The number of ether oxygens (including phenoxy) is 1. The Morgan fingerprint density at radius 1 is 1.25 bits per heavy atom. The Morgan fingerprint density at radius 2 is 1.81 bits per heavy atom. The molecule has 1 heterocycles. The fraction of sp³-hybridized carbons (Fsp3) is 0.583. The Morgan fingerprint density at radius 3 is 2.25 bits per heavy atom. The summed E-state index contributed by atoms with van der Waals surface area (Å²) in [6.07, 6.45) is 5.80. The van der Waals surface area contributed by atoms with Crippen LogP contribution in [0.2, 0.25) is 0 Å². The van der Waals surface area contributed by atoms with Gasteiger partial charge in [0.05, 0.1) is 5.56 Å². The molecule has 0 N–H and O–H groups in total. The molecule has 0 saturated carbocycles. The van der Waals surface area contributed by atoms with Crippen molar-refractivity contribution < 1.29 is 9.53 Å². The molecule has 4 nitrogen and oxygen atoms in total. The van der Waals surface area contributed by atoms with E-state index < -0.39 is 5.60 Å². The number of nitrogens with zero attached hydrogens (tertiary/aromatic N) is 2. The lowest BCUT2D eigenvalue weighted by molar-refractivity contribution is -0.0250. The van der Waals surface area contributed by atoms with Gasteiger partial charge in [0.2, 0.25) is 0 Å². The molecule has 0 atom stereocenters. The van der Waals surface area contributed by atoms with E-state index in [0.29, 0.717) is 25.0 Å². The van der Waals surface area contributed by atoms with Crippen LogP contribution in [0.3, 0.4) is 0 Å². The predicted molar refractivity (Wildman–Crippen MR) is 61.3 cm³/mol. The Balaban J connectivity index is 3.00. The molecule has 0 amide bonds. The van der Waals surface area contributed by atoms with Crippen LogP contribution < -0.4 is 0 Å². The summed E-state index contributed by atoms with van der Waals surface area (Å²) in [5.74, 6) is -0.0278. The first kappa shape index (κ1) is 12.8. The monoisotopic (exact) mass is 222 g/mol. The Bertz CT molecular complexity index is 334. The zero-order chi connectivity index (χ0) is 12.0. The van der Waals surface area contributed by atoms with Gasteiger partial charge in [0.15, 0.2) is 5.78 Å². The fourth-order valence-electron chi connectivity index (χ4n) is 1.80. The van der Waals surface area contributed by atoms with E-state index in [1.807, 2.05) is 20.8 Å². The van der Waals surface area contributed by atoms with E-state index >= 15 is 0 Å². The topological polar surface area (TPSA) is 52.1 Å². The molecular formula is C12H18N2O2. The molecule has 88 valence electrons. The third kappa shape index (κ3) is 2.44. The van der Waals surface area contributed by atoms with Crippen molar-refractivity contribution in [3.05, 3.63) is 24.3 Å². The molecule has 0 bridgehead atoms. The van der Waals surface area contributed by atoms with Gasteiger partial charge >= 0.3 is 0 Å². The van der Waals surface area contributed by atoms with Crippen molar-refractivity contribution in [3.63, 3.8) is 0 Å². The van der Waals surface area contributed by atoms with Crippen molar-refractivity contribution >= 4 is 5.78 Å². The Hall–Kier alpha value is -1.29. The van der Waals surface area contributed by atoms with E-state index in [4.69, 9.17) is 4.74 Å². The molecule has 4 heteroatoms. The van der Waals surface area contributed by atoms with Gasteiger partial charge in [-0.25, -0.2) is 9.97 Å². The van der Waals surface area contributed by atoms with Gasteiger partial charge in [-0.15, -0.1) is 0 Å². The summed E-state index contributed by atoms with van der Waals surface area (Å²) in [6, 6.07) is 0. The molecule has 0 aliphatic heterocycles. The van der Waals surface area contributed by atoms with Crippen LogP contribution in [0, 0.1) is 0 Å². The summed E-state index contributed by atoms with van der Waals surface area (Å²) in [7, 11) is 0. The highest BCUT2D eigenvalue weighted by Gasteiger charge is 2.36. The maximum atomic E-state index is 12.3. The minimum Gasteiger partial charge on any atom is -0.367 e. The van der Waals surface area contributed by atoms with Gasteiger partial charge in [-0.2, -0.15) is 0 Å². The molecule has 1 aromatic rings. The maximum Gasteiger partial charge on any atom is 0.197 e. The molecule has 1 rings (SSSR count). The molecule has 0 radical (unpaired) electrons. The third-order valence-electron chi connectivity index (χ3n) is 2.80. The second-order valence-corrected chi connectivity index (χ2v) is 3.59. The molecule has 0 spiro atoms. The Kier molecular flexibility index (Phi) is 4.55. The van der Waals surface area contributed by atoms with E-state index in [9.17, 15) is 4.79 Å². The van der Waals surface area contributed by atoms with Crippen LogP contribution in [0.25, 0.3) is 0 Å². The fourth-order valence-corrected chi connectivity index (χ4v) is 1.80. The second-order valence-electron chi connectivity index (χ2n) is 3.59. The average molecular weight is 222 g/mol. The minimum absolute atomic E-state index is 0.0278. The normalized spacial score (nSPS) is 11.4. The van der Waals surface area contributed by atoms with Crippen LogP contribution >= 0.6 is 0 Å². The van der Waals surface area contributed by atoms with E-state index in [2.05, 4.69) is 9.97 Å².